The van der Waals surface area contributed by atoms with E-state index in [1.807, 2.05) is 30.5 Å². The van der Waals surface area contributed by atoms with Crippen LogP contribution in [0.25, 0.3) is 10.4 Å². The van der Waals surface area contributed by atoms with E-state index < -0.39 is 5.91 Å². The molecule has 1 amide bonds. The number of carbonyl (C=O) groups is 1. The van der Waals surface area contributed by atoms with Crippen molar-refractivity contribution < 1.29 is 10.0 Å². The maximum Gasteiger partial charge on any atom is 0.284 e. The van der Waals surface area contributed by atoms with Crippen molar-refractivity contribution in [3.05, 3.63) is 76.9 Å². The molecule has 3 N–H and O–H groups in total. The predicted molar refractivity (Wildman–Crippen MR) is 98.7 cm³/mol. The molecule has 0 unspecified atom stereocenters. The molecule has 0 saturated heterocycles. The number of carbonyl (C=O) groups excluding carboxylic acids is 1. The van der Waals surface area contributed by atoms with Crippen LogP contribution in [0.5, 0.6) is 0 Å². The van der Waals surface area contributed by atoms with Gasteiger partial charge < -0.3 is 5.32 Å². The zero-order chi connectivity index (χ0) is 17.5. The quantitative estimate of drug-likeness (QED) is 0.346. The zero-order valence-electron chi connectivity index (χ0n) is 13.6. The molecular weight excluding hydrogens is 334 g/mol. The maximum absolute atomic E-state index is 11.5. The van der Waals surface area contributed by atoms with E-state index in [9.17, 15) is 4.79 Å². The number of hydroxylamine groups is 1. The van der Waals surface area contributed by atoms with Gasteiger partial charge in [-0.25, -0.2) is 5.48 Å². The minimum atomic E-state index is -0.482. The summed E-state index contributed by atoms with van der Waals surface area (Å²) in [6.07, 6.45) is 4.61. The lowest BCUT2D eigenvalue weighted by atomic mass is 10.1. The van der Waals surface area contributed by atoms with Gasteiger partial charge in [0.1, 0.15) is 0 Å². The van der Waals surface area contributed by atoms with Gasteiger partial charge in [0, 0.05) is 23.8 Å². The Morgan fingerprint density at radius 3 is 2.80 bits per heavy atom. The van der Waals surface area contributed by atoms with Crippen molar-refractivity contribution in [3.8, 4) is 10.4 Å². The molecule has 0 bridgehead atoms. The summed E-state index contributed by atoms with van der Waals surface area (Å²) in [4.78, 5) is 17.0. The van der Waals surface area contributed by atoms with E-state index in [1.165, 1.54) is 22.5 Å². The van der Waals surface area contributed by atoms with Gasteiger partial charge >= 0.3 is 0 Å². The van der Waals surface area contributed by atoms with E-state index in [4.69, 9.17) is 5.21 Å². The Morgan fingerprint density at radius 1 is 1.12 bits per heavy atom. The summed E-state index contributed by atoms with van der Waals surface area (Å²) in [5.41, 5.74) is 5.13. The molecule has 2 aromatic heterocycles. The van der Waals surface area contributed by atoms with Crippen LogP contribution in [0.4, 0.5) is 0 Å². The number of aromatic nitrogens is 1. The Morgan fingerprint density at radius 2 is 2.00 bits per heavy atom. The van der Waals surface area contributed by atoms with E-state index in [-0.39, 0.29) is 0 Å². The Hall–Kier alpha value is -2.54. The number of thiophene rings is 1. The molecule has 0 radical (unpaired) electrons. The van der Waals surface area contributed by atoms with Gasteiger partial charge in [-0.3, -0.25) is 15.0 Å². The third kappa shape index (κ3) is 4.73. The zero-order valence-corrected chi connectivity index (χ0v) is 14.4. The molecule has 3 rings (SSSR count). The molecule has 3 aromatic rings. The number of hydrogen-bond donors (Lipinski definition) is 3. The van der Waals surface area contributed by atoms with Gasteiger partial charge in [-0.15, -0.1) is 11.3 Å². The molecule has 128 valence electrons. The molecule has 0 fully saturated rings. The van der Waals surface area contributed by atoms with Crippen molar-refractivity contribution in [3.63, 3.8) is 0 Å². The lowest BCUT2D eigenvalue weighted by Crippen LogP contribution is -2.16. The van der Waals surface area contributed by atoms with Crippen molar-refractivity contribution in [1.82, 2.24) is 15.8 Å². The predicted octanol–water partition coefficient (Wildman–Crippen LogP) is 3.26. The molecule has 0 saturated carbocycles. The van der Waals surface area contributed by atoms with Crippen molar-refractivity contribution in [2.75, 3.05) is 6.54 Å². The van der Waals surface area contributed by atoms with Crippen LogP contribution in [0.1, 0.15) is 20.8 Å². The minimum absolute atomic E-state index is 0.482. The SMILES string of the molecule is O=C(NO)c1ccc(-c2cccc(CNCCc3cccnc3)c2)s1. The highest BCUT2D eigenvalue weighted by Crippen LogP contribution is 2.28. The molecule has 6 heteroatoms. The lowest BCUT2D eigenvalue weighted by Gasteiger charge is -2.06. The third-order valence-corrected chi connectivity index (χ3v) is 4.92. The van der Waals surface area contributed by atoms with Crippen LogP contribution >= 0.6 is 11.3 Å². The van der Waals surface area contributed by atoms with Gasteiger partial charge in [0.2, 0.25) is 0 Å². The molecule has 25 heavy (non-hydrogen) atoms. The summed E-state index contributed by atoms with van der Waals surface area (Å²) >= 11 is 1.35. The first-order valence-electron chi connectivity index (χ1n) is 7.99. The first kappa shape index (κ1) is 17.3. The van der Waals surface area contributed by atoms with E-state index in [0.29, 0.717) is 4.88 Å². The van der Waals surface area contributed by atoms with Crippen LogP contribution < -0.4 is 10.8 Å². The lowest BCUT2D eigenvalue weighted by molar-refractivity contribution is 0.0711. The number of benzene rings is 1. The van der Waals surface area contributed by atoms with E-state index >= 15 is 0 Å². The standard InChI is InChI=1S/C19H19N3O2S/c23-19(22-24)18-7-6-17(25-18)16-5-1-3-15(11-16)13-21-10-8-14-4-2-9-20-12-14/h1-7,9,11-12,21,24H,8,10,13H2,(H,22,23). The van der Waals surface area contributed by atoms with Crippen molar-refractivity contribution >= 4 is 17.2 Å². The number of nitrogens with zero attached hydrogens (tertiary/aromatic N) is 1. The van der Waals surface area contributed by atoms with E-state index in [2.05, 4.69) is 28.5 Å². The van der Waals surface area contributed by atoms with Crippen molar-refractivity contribution in [1.29, 1.82) is 0 Å². The fourth-order valence-electron chi connectivity index (χ4n) is 2.52. The van der Waals surface area contributed by atoms with Gasteiger partial charge in [-0.1, -0.05) is 24.3 Å². The molecule has 1 aromatic carbocycles. The van der Waals surface area contributed by atoms with E-state index in [1.54, 1.807) is 17.7 Å². The summed E-state index contributed by atoms with van der Waals surface area (Å²) in [5.74, 6) is -0.482. The van der Waals surface area contributed by atoms with Gasteiger partial charge in [0.15, 0.2) is 0 Å². The normalized spacial score (nSPS) is 10.6. The highest BCUT2D eigenvalue weighted by Gasteiger charge is 2.09. The number of amides is 1. The second-order valence-electron chi connectivity index (χ2n) is 5.59. The smallest absolute Gasteiger partial charge is 0.284 e. The molecule has 0 spiro atoms. The Kier molecular flexibility index (Phi) is 5.90. The first-order chi connectivity index (χ1) is 12.3. The molecule has 0 aliphatic rings. The first-order valence-corrected chi connectivity index (χ1v) is 8.81. The largest absolute Gasteiger partial charge is 0.312 e. The molecule has 0 aliphatic heterocycles. The van der Waals surface area contributed by atoms with Crippen LogP contribution in [0, 0.1) is 0 Å². The summed E-state index contributed by atoms with van der Waals surface area (Å²) in [5, 5.41) is 12.1. The monoisotopic (exact) mass is 353 g/mol. The number of hydrogen-bond acceptors (Lipinski definition) is 5. The van der Waals surface area contributed by atoms with Crippen LogP contribution in [0.2, 0.25) is 0 Å². The highest BCUT2D eigenvalue weighted by atomic mass is 32.1. The fraction of sp³-hybridized carbons (Fsp3) is 0.158. The minimum Gasteiger partial charge on any atom is -0.312 e. The van der Waals surface area contributed by atoms with Crippen LogP contribution in [0.3, 0.4) is 0 Å². The maximum atomic E-state index is 11.5. The second kappa shape index (κ2) is 8.53. The van der Waals surface area contributed by atoms with Crippen LogP contribution in [-0.2, 0) is 13.0 Å². The van der Waals surface area contributed by atoms with Crippen molar-refractivity contribution in [2.24, 2.45) is 0 Å². The van der Waals surface area contributed by atoms with E-state index in [0.717, 1.165) is 30.0 Å². The fourth-order valence-corrected chi connectivity index (χ4v) is 3.41. The van der Waals surface area contributed by atoms with Crippen LogP contribution in [0.15, 0.2) is 60.9 Å². The number of nitrogens with one attached hydrogen (secondary N) is 2. The number of rotatable bonds is 7. The summed E-state index contributed by atoms with van der Waals surface area (Å²) in [7, 11) is 0. The molecule has 0 atom stereocenters. The summed E-state index contributed by atoms with van der Waals surface area (Å²) in [6, 6.07) is 15.9. The Bertz CT molecular complexity index is 833. The molecule has 5 nitrogen and oxygen atoms in total. The molecule has 0 aliphatic carbocycles. The third-order valence-electron chi connectivity index (χ3n) is 3.79. The van der Waals surface area contributed by atoms with Gasteiger partial charge in [0.05, 0.1) is 4.88 Å². The second-order valence-corrected chi connectivity index (χ2v) is 6.68. The molecule has 2 heterocycles. The van der Waals surface area contributed by atoms with Crippen LogP contribution in [-0.4, -0.2) is 22.6 Å². The van der Waals surface area contributed by atoms with Gasteiger partial charge in [0.25, 0.3) is 5.91 Å². The Labute approximate surface area is 150 Å². The average Bonchev–Trinajstić information content (AvgIpc) is 3.16. The molecular formula is C19H19N3O2S. The summed E-state index contributed by atoms with van der Waals surface area (Å²) < 4.78 is 0. The topological polar surface area (TPSA) is 74.2 Å². The van der Waals surface area contributed by atoms with Gasteiger partial charge in [-0.2, -0.15) is 0 Å². The van der Waals surface area contributed by atoms with Crippen molar-refractivity contribution in [2.45, 2.75) is 13.0 Å². The number of pyridine rings is 1. The average molecular weight is 353 g/mol. The van der Waals surface area contributed by atoms with Gasteiger partial charge in [-0.05, 0) is 53.9 Å². The Balaban J connectivity index is 1.58. The summed E-state index contributed by atoms with van der Waals surface area (Å²) in [6.45, 7) is 1.67. The highest BCUT2D eigenvalue weighted by molar-refractivity contribution is 7.17.